The molecule has 2 rings (SSSR count). The number of hydrogen-bond donors (Lipinski definition) is 0. The minimum Gasteiger partial charge on any atom is -0.347 e. The van der Waals surface area contributed by atoms with Gasteiger partial charge in [0, 0.05) is 17.6 Å². The second-order valence-corrected chi connectivity index (χ2v) is 4.24. The summed E-state index contributed by atoms with van der Waals surface area (Å²) in [6, 6.07) is 4.49. The number of hydrogen-bond acceptors (Lipinski definition) is 1. The molecule has 2 aromatic heterocycles. The second-order valence-electron chi connectivity index (χ2n) is 2.95. The molecule has 0 saturated carbocycles. The van der Waals surface area contributed by atoms with Gasteiger partial charge in [-0.15, -0.1) is 11.3 Å². The van der Waals surface area contributed by atoms with Crippen LogP contribution >= 0.6 is 11.3 Å². The van der Waals surface area contributed by atoms with Crippen LogP contribution in [0, 0.1) is 13.8 Å². The van der Waals surface area contributed by atoms with Crippen LogP contribution in [0.2, 0.25) is 0 Å². The van der Waals surface area contributed by atoms with Crippen molar-refractivity contribution in [2.75, 3.05) is 0 Å². The molecular formula is C9H11NS. The monoisotopic (exact) mass is 165 g/mol. The summed E-state index contributed by atoms with van der Waals surface area (Å²) in [5.74, 6) is 0. The van der Waals surface area contributed by atoms with Gasteiger partial charge in [-0.2, -0.15) is 0 Å². The van der Waals surface area contributed by atoms with Crippen molar-refractivity contribution in [2.24, 2.45) is 7.05 Å². The maximum absolute atomic E-state index is 2.24. The van der Waals surface area contributed by atoms with Crippen molar-refractivity contribution in [1.29, 1.82) is 0 Å². The first-order valence-corrected chi connectivity index (χ1v) is 4.52. The van der Waals surface area contributed by atoms with E-state index in [1.165, 1.54) is 20.8 Å². The quantitative estimate of drug-likeness (QED) is 0.565. The molecule has 0 spiro atoms. The summed E-state index contributed by atoms with van der Waals surface area (Å²) in [4.78, 5) is 1.39. The highest BCUT2D eigenvalue weighted by Crippen LogP contribution is 2.27. The SMILES string of the molecule is Cc1cc2c(cc(C)n2C)s1. The van der Waals surface area contributed by atoms with E-state index in [0.29, 0.717) is 0 Å². The number of aryl methyl sites for hydroxylation is 3. The molecule has 0 saturated heterocycles. The number of nitrogens with zero attached hydrogens (tertiary/aromatic N) is 1. The Bertz CT molecular complexity index is 395. The third-order valence-corrected chi connectivity index (χ3v) is 3.08. The zero-order chi connectivity index (χ0) is 8.01. The Labute approximate surface area is 70.3 Å². The standard InChI is InChI=1S/C9H11NS/c1-6-4-9-8(10(6)3)5-7(2)11-9/h4-5H,1-3H3. The van der Waals surface area contributed by atoms with Gasteiger partial charge in [0.1, 0.15) is 0 Å². The van der Waals surface area contributed by atoms with Crippen LogP contribution in [-0.4, -0.2) is 4.57 Å². The largest absolute Gasteiger partial charge is 0.347 e. The van der Waals surface area contributed by atoms with Gasteiger partial charge < -0.3 is 4.57 Å². The Balaban J connectivity index is 2.88. The molecule has 0 aliphatic carbocycles. The Morgan fingerprint density at radius 1 is 1.27 bits per heavy atom. The van der Waals surface area contributed by atoms with Gasteiger partial charge in [0.2, 0.25) is 0 Å². The van der Waals surface area contributed by atoms with E-state index in [-0.39, 0.29) is 0 Å². The number of fused-ring (bicyclic) bond motifs is 1. The minimum atomic E-state index is 1.34. The third-order valence-electron chi connectivity index (χ3n) is 2.09. The third kappa shape index (κ3) is 0.897. The second kappa shape index (κ2) is 2.11. The predicted octanol–water partition coefficient (Wildman–Crippen LogP) is 2.86. The lowest BCUT2D eigenvalue weighted by atomic mass is 10.4. The Morgan fingerprint density at radius 3 is 2.64 bits per heavy atom. The first-order chi connectivity index (χ1) is 5.18. The molecule has 1 nitrogen and oxygen atoms in total. The molecule has 0 bridgehead atoms. The van der Waals surface area contributed by atoms with Gasteiger partial charge in [-0.05, 0) is 26.0 Å². The van der Waals surface area contributed by atoms with E-state index < -0.39 is 0 Å². The molecule has 0 atom stereocenters. The summed E-state index contributed by atoms with van der Waals surface area (Å²) in [6.45, 7) is 4.29. The van der Waals surface area contributed by atoms with Crippen molar-refractivity contribution < 1.29 is 0 Å². The summed E-state index contributed by atoms with van der Waals surface area (Å²) in [6.07, 6.45) is 0. The van der Waals surface area contributed by atoms with Gasteiger partial charge in [-0.1, -0.05) is 0 Å². The average Bonchev–Trinajstić information content (AvgIpc) is 2.37. The molecule has 2 aromatic rings. The van der Waals surface area contributed by atoms with Gasteiger partial charge >= 0.3 is 0 Å². The van der Waals surface area contributed by atoms with Crippen LogP contribution < -0.4 is 0 Å². The summed E-state index contributed by atoms with van der Waals surface area (Å²) in [7, 11) is 2.11. The first kappa shape index (κ1) is 6.92. The number of thiophene rings is 1. The highest BCUT2D eigenvalue weighted by atomic mass is 32.1. The summed E-state index contributed by atoms with van der Waals surface area (Å²) < 4.78 is 3.64. The first-order valence-electron chi connectivity index (χ1n) is 3.71. The Kier molecular flexibility index (Phi) is 1.33. The van der Waals surface area contributed by atoms with Crippen LogP contribution in [0.25, 0.3) is 10.2 Å². The number of rotatable bonds is 0. The molecule has 0 aliphatic rings. The van der Waals surface area contributed by atoms with E-state index in [2.05, 4.69) is 37.6 Å². The van der Waals surface area contributed by atoms with Gasteiger partial charge in [0.25, 0.3) is 0 Å². The molecule has 11 heavy (non-hydrogen) atoms. The molecular weight excluding hydrogens is 154 g/mol. The molecule has 58 valence electrons. The lowest BCUT2D eigenvalue weighted by Crippen LogP contribution is -1.87. The maximum Gasteiger partial charge on any atom is 0.0592 e. The highest BCUT2D eigenvalue weighted by molar-refractivity contribution is 7.19. The molecule has 0 fully saturated rings. The van der Waals surface area contributed by atoms with Crippen molar-refractivity contribution in [3.05, 3.63) is 22.7 Å². The molecule has 2 heteroatoms. The molecule has 0 aliphatic heterocycles. The minimum absolute atomic E-state index is 1.34. The van der Waals surface area contributed by atoms with Crippen molar-refractivity contribution in [3.63, 3.8) is 0 Å². The van der Waals surface area contributed by atoms with E-state index in [1.807, 2.05) is 11.3 Å². The lowest BCUT2D eigenvalue weighted by Gasteiger charge is -1.94. The Morgan fingerprint density at radius 2 is 2.00 bits per heavy atom. The molecule has 0 radical (unpaired) electrons. The van der Waals surface area contributed by atoms with Crippen molar-refractivity contribution in [1.82, 2.24) is 4.57 Å². The normalized spacial score (nSPS) is 11.2. The summed E-state index contributed by atoms with van der Waals surface area (Å²) in [5, 5.41) is 0. The molecule has 2 heterocycles. The van der Waals surface area contributed by atoms with E-state index >= 15 is 0 Å². The molecule has 0 amide bonds. The van der Waals surface area contributed by atoms with E-state index in [1.54, 1.807) is 0 Å². The van der Waals surface area contributed by atoms with Gasteiger partial charge in [-0.25, -0.2) is 0 Å². The topological polar surface area (TPSA) is 4.93 Å². The lowest BCUT2D eigenvalue weighted by molar-refractivity contribution is 0.918. The predicted molar refractivity (Wildman–Crippen MR) is 50.3 cm³/mol. The zero-order valence-electron chi connectivity index (χ0n) is 7.01. The molecule has 0 aromatic carbocycles. The van der Waals surface area contributed by atoms with Gasteiger partial charge in [0.05, 0.1) is 10.2 Å². The van der Waals surface area contributed by atoms with Crippen LogP contribution in [0.4, 0.5) is 0 Å². The number of aromatic nitrogens is 1. The van der Waals surface area contributed by atoms with Crippen molar-refractivity contribution in [2.45, 2.75) is 13.8 Å². The van der Waals surface area contributed by atoms with Crippen molar-refractivity contribution in [3.8, 4) is 0 Å². The van der Waals surface area contributed by atoms with Crippen LogP contribution in [0.5, 0.6) is 0 Å². The Hall–Kier alpha value is -0.760. The highest BCUT2D eigenvalue weighted by Gasteiger charge is 2.03. The maximum atomic E-state index is 2.24. The van der Waals surface area contributed by atoms with Crippen LogP contribution in [0.15, 0.2) is 12.1 Å². The molecule has 0 N–H and O–H groups in total. The van der Waals surface area contributed by atoms with Gasteiger partial charge in [0.15, 0.2) is 0 Å². The van der Waals surface area contributed by atoms with Crippen LogP contribution in [0.3, 0.4) is 0 Å². The van der Waals surface area contributed by atoms with E-state index in [0.717, 1.165) is 0 Å². The van der Waals surface area contributed by atoms with Gasteiger partial charge in [-0.3, -0.25) is 0 Å². The summed E-state index contributed by atoms with van der Waals surface area (Å²) >= 11 is 1.87. The fraction of sp³-hybridized carbons (Fsp3) is 0.333. The fourth-order valence-electron chi connectivity index (χ4n) is 1.36. The van der Waals surface area contributed by atoms with Crippen LogP contribution in [0.1, 0.15) is 10.6 Å². The average molecular weight is 165 g/mol. The van der Waals surface area contributed by atoms with Crippen LogP contribution in [-0.2, 0) is 7.05 Å². The zero-order valence-corrected chi connectivity index (χ0v) is 7.83. The smallest absolute Gasteiger partial charge is 0.0592 e. The van der Waals surface area contributed by atoms with Crippen molar-refractivity contribution >= 4 is 21.6 Å². The fourth-order valence-corrected chi connectivity index (χ4v) is 2.41. The molecule has 0 unspecified atom stereocenters. The van der Waals surface area contributed by atoms with E-state index in [4.69, 9.17) is 0 Å². The summed E-state index contributed by atoms with van der Waals surface area (Å²) in [5.41, 5.74) is 2.70. The van der Waals surface area contributed by atoms with E-state index in [9.17, 15) is 0 Å².